The number of aliphatic hydroxyl groups is 1. The van der Waals surface area contributed by atoms with Crippen molar-refractivity contribution in [1.29, 1.82) is 0 Å². The summed E-state index contributed by atoms with van der Waals surface area (Å²) in [4.78, 5) is 13.9. The van der Waals surface area contributed by atoms with E-state index in [-0.39, 0.29) is 18.6 Å². The Bertz CT molecular complexity index is 437. The molecule has 5 heteroatoms. The van der Waals surface area contributed by atoms with Gasteiger partial charge < -0.3 is 15.7 Å². The topological polar surface area (TPSA) is 66.6 Å². The van der Waals surface area contributed by atoms with Crippen LogP contribution in [0, 0.1) is 0 Å². The van der Waals surface area contributed by atoms with Gasteiger partial charge in [0.25, 0.3) is 5.91 Å². The second-order valence-corrected chi connectivity index (χ2v) is 4.62. The van der Waals surface area contributed by atoms with E-state index in [1.807, 2.05) is 0 Å². The molecule has 0 aromatic heterocycles. The Morgan fingerprint density at radius 1 is 1.59 bits per heavy atom. The second kappa shape index (κ2) is 4.94. The minimum Gasteiger partial charge on any atom is -0.399 e. The molecule has 0 unspecified atom stereocenters. The molecule has 2 rings (SSSR count). The second-order valence-electron chi connectivity index (χ2n) is 4.22. The average Bonchev–Trinajstić information content (AvgIpc) is 2.79. The number of nitrogen functional groups attached to an aromatic ring is 1. The van der Waals surface area contributed by atoms with Crippen LogP contribution in [0.25, 0.3) is 0 Å². The SMILES string of the molecule is Nc1ccc(Cl)c(C(=O)N2CCC[C@H]2CO)c1. The third-order valence-electron chi connectivity index (χ3n) is 3.07. The van der Waals surface area contributed by atoms with E-state index in [1.165, 1.54) is 0 Å². The molecule has 0 radical (unpaired) electrons. The predicted molar refractivity (Wildman–Crippen MR) is 67.0 cm³/mol. The first-order chi connectivity index (χ1) is 8.13. The van der Waals surface area contributed by atoms with Crippen LogP contribution in [0.15, 0.2) is 18.2 Å². The fraction of sp³-hybridized carbons (Fsp3) is 0.417. The number of anilines is 1. The minimum atomic E-state index is -0.154. The fourth-order valence-electron chi connectivity index (χ4n) is 2.15. The van der Waals surface area contributed by atoms with Gasteiger partial charge in [-0.1, -0.05) is 11.6 Å². The van der Waals surface area contributed by atoms with Gasteiger partial charge in [0.05, 0.1) is 23.2 Å². The van der Waals surface area contributed by atoms with Crippen molar-refractivity contribution in [2.75, 3.05) is 18.9 Å². The molecule has 0 spiro atoms. The number of benzene rings is 1. The van der Waals surface area contributed by atoms with Crippen molar-refractivity contribution in [3.8, 4) is 0 Å². The number of hydrogen-bond donors (Lipinski definition) is 2. The molecule has 1 amide bonds. The number of carbonyl (C=O) groups is 1. The summed E-state index contributed by atoms with van der Waals surface area (Å²) in [7, 11) is 0. The molecular weight excluding hydrogens is 240 g/mol. The van der Waals surface area contributed by atoms with Gasteiger partial charge in [0.2, 0.25) is 0 Å². The molecule has 92 valence electrons. The molecule has 3 N–H and O–H groups in total. The molecule has 1 aliphatic rings. The summed E-state index contributed by atoms with van der Waals surface area (Å²) in [5, 5.41) is 9.60. The zero-order valence-electron chi connectivity index (χ0n) is 9.40. The van der Waals surface area contributed by atoms with Crippen molar-refractivity contribution in [3.05, 3.63) is 28.8 Å². The number of hydrogen-bond acceptors (Lipinski definition) is 3. The van der Waals surface area contributed by atoms with Crippen molar-refractivity contribution in [2.45, 2.75) is 18.9 Å². The van der Waals surface area contributed by atoms with Crippen LogP contribution in [0.4, 0.5) is 5.69 Å². The summed E-state index contributed by atoms with van der Waals surface area (Å²) in [6.07, 6.45) is 1.75. The van der Waals surface area contributed by atoms with Gasteiger partial charge in [0.1, 0.15) is 0 Å². The van der Waals surface area contributed by atoms with Gasteiger partial charge in [-0.3, -0.25) is 4.79 Å². The molecule has 0 aliphatic carbocycles. The van der Waals surface area contributed by atoms with Crippen LogP contribution in [0.3, 0.4) is 0 Å². The smallest absolute Gasteiger partial charge is 0.255 e. The van der Waals surface area contributed by atoms with E-state index in [1.54, 1.807) is 23.1 Å². The summed E-state index contributed by atoms with van der Waals surface area (Å²) in [5.41, 5.74) is 6.57. The zero-order valence-corrected chi connectivity index (χ0v) is 10.2. The molecule has 1 aromatic carbocycles. The van der Waals surface area contributed by atoms with Gasteiger partial charge in [0.15, 0.2) is 0 Å². The summed E-state index contributed by atoms with van der Waals surface area (Å²) < 4.78 is 0. The lowest BCUT2D eigenvalue weighted by Crippen LogP contribution is -2.37. The average molecular weight is 255 g/mol. The first-order valence-corrected chi connectivity index (χ1v) is 5.98. The highest BCUT2D eigenvalue weighted by molar-refractivity contribution is 6.34. The van der Waals surface area contributed by atoms with Crippen LogP contribution in [0.1, 0.15) is 23.2 Å². The summed E-state index contributed by atoms with van der Waals surface area (Å²) in [5.74, 6) is -0.154. The number of likely N-dealkylation sites (tertiary alicyclic amines) is 1. The third kappa shape index (κ3) is 2.37. The van der Waals surface area contributed by atoms with Gasteiger partial charge in [-0.05, 0) is 31.0 Å². The molecule has 1 saturated heterocycles. The fourth-order valence-corrected chi connectivity index (χ4v) is 2.35. The Kier molecular flexibility index (Phi) is 3.54. The first-order valence-electron chi connectivity index (χ1n) is 5.60. The minimum absolute atomic E-state index is 0.00826. The van der Waals surface area contributed by atoms with E-state index >= 15 is 0 Å². The van der Waals surface area contributed by atoms with Crippen LogP contribution in [0.5, 0.6) is 0 Å². The third-order valence-corrected chi connectivity index (χ3v) is 3.40. The maximum Gasteiger partial charge on any atom is 0.255 e. The number of rotatable bonds is 2. The van der Waals surface area contributed by atoms with E-state index in [0.29, 0.717) is 22.8 Å². The van der Waals surface area contributed by atoms with Crippen LogP contribution in [-0.2, 0) is 0 Å². The summed E-state index contributed by atoms with van der Waals surface area (Å²) in [6, 6.07) is 4.76. The molecule has 1 atom stereocenters. The molecule has 1 fully saturated rings. The predicted octanol–water partition coefficient (Wildman–Crippen LogP) is 1.52. The van der Waals surface area contributed by atoms with Crippen molar-refractivity contribution >= 4 is 23.2 Å². The number of amides is 1. The molecular formula is C12H15ClN2O2. The highest BCUT2D eigenvalue weighted by Crippen LogP contribution is 2.25. The molecule has 1 aliphatic heterocycles. The highest BCUT2D eigenvalue weighted by atomic mass is 35.5. The van der Waals surface area contributed by atoms with Gasteiger partial charge >= 0.3 is 0 Å². The summed E-state index contributed by atoms with van der Waals surface area (Å²) in [6.45, 7) is 0.654. The monoisotopic (exact) mass is 254 g/mol. The van der Waals surface area contributed by atoms with Crippen LogP contribution < -0.4 is 5.73 Å². The van der Waals surface area contributed by atoms with E-state index in [2.05, 4.69) is 0 Å². The Hall–Kier alpha value is -1.26. The molecule has 17 heavy (non-hydrogen) atoms. The number of aliphatic hydroxyl groups excluding tert-OH is 1. The highest BCUT2D eigenvalue weighted by Gasteiger charge is 2.29. The maximum atomic E-state index is 12.3. The Balaban J connectivity index is 2.27. The van der Waals surface area contributed by atoms with E-state index < -0.39 is 0 Å². The summed E-state index contributed by atoms with van der Waals surface area (Å²) >= 11 is 5.99. The van der Waals surface area contributed by atoms with E-state index in [0.717, 1.165) is 12.8 Å². The Labute approximate surface area is 105 Å². The lowest BCUT2D eigenvalue weighted by molar-refractivity contribution is 0.0678. The molecule has 4 nitrogen and oxygen atoms in total. The van der Waals surface area contributed by atoms with Crippen molar-refractivity contribution in [3.63, 3.8) is 0 Å². The molecule has 0 bridgehead atoms. The number of carbonyl (C=O) groups excluding carboxylic acids is 1. The number of nitrogens with zero attached hydrogens (tertiary/aromatic N) is 1. The quantitative estimate of drug-likeness (QED) is 0.787. The van der Waals surface area contributed by atoms with Crippen molar-refractivity contribution in [2.24, 2.45) is 0 Å². The molecule has 0 saturated carbocycles. The maximum absolute atomic E-state index is 12.3. The number of halogens is 1. The molecule has 1 heterocycles. The van der Waals surface area contributed by atoms with E-state index in [4.69, 9.17) is 17.3 Å². The standard InChI is InChI=1S/C12H15ClN2O2/c13-11-4-3-8(14)6-10(11)12(17)15-5-1-2-9(15)7-16/h3-4,6,9,16H,1-2,5,7,14H2/t9-/m0/s1. The van der Waals surface area contributed by atoms with Crippen molar-refractivity contribution < 1.29 is 9.90 Å². The van der Waals surface area contributed by atoms with Crippen LogP contribution >= 0.6 is 11.6 Å². The lowest BCUT2D eigenvalue weighted by atomic mass is 10.1. The normalized spacial score (nSPS) is 19.6. The zero-order chi connectivity index (χ0) is 12.4. The van der Waals surface area contributed by atoms with Crippen LogP contribution in [-0.4, -0.2) is 35.1 Å². The largest absolute Gasteiger partial charge is 0.399 e. The molecule has 1 aromatic rings. The number of nitrogens with two attached hydrogens (primary N) is 1. The van der Waals surface area contributed by atoms with Gasteiger partial charge in [-0.2, -0.15) is 0 Å². The Morgan fingerprint density at radius 2 is 2.35 bits per heavy atom. The van der Waals surface area contributed by atoms with Gasteiger partial charge in [-0.25, -0.2) is 0 Å². The van der Waals surface area contributed by atoms with Crippen LogP contribution in [0.2, 0.25) is 5.02 Å². The van der Waals surface area contributed by atoms with E-state index in [9.17, 15) is 9.90 Å². The van der Waals surface area contributed by atoms with Gasteiger partial charge in [-0.15, -0.1) is 0 Å². The van der Waals surface area contributed by atoms with Gasteiger partial charge in [0, 0.05) is 12.2 Å². The van der Waals surface area contributed by atoms with Crippen molar-refractivity contribution in [1.82, 2.24) is 4.90 Å². The lowest BCUT2D eigenvalue weighted by Gasteiger charge is -2.23. The Morgan fingerprint density at radius 3 is 3.06 bits per heavy atom. The first kappa shape index (κ1) is 12.2.